The highest BCUT2D eigenvalue weighted by molar-refractivity contribution is 6.30. The molecule has 0 heterocycles. The number of nitro groups is 1. The van der Waals surface area contributed by atoms with Gasteiger partial charge in [0.1, 0.15) is 5.69 Å². The highest BCUT2D eigenvalue weighted by Gasteiger charge is 2.09. The molecule has 0 unspecified atom stereocenters. The zero-order valence-corrected chi connectivity index (χ0v) is 8.65. The predicted molar refractivity (Wildman–Crippen MR) is 58.7 cm³/mol. The zero-order valence-electron chi connectivity index (χ0n) is 7.89. The number of aliphatic hydroxyl groups excluding tert-OH is 1. The second-order valence-corrected chi connectivity index (χ2v) is 2.91. The molecule has 0 radical (unpaired) electrons. The molecule has 1 aromatic carbocycles. The number of hydrogen-bond donors (Lipinski definition) is 3. The van der Waals surface area contributed by atoms with E-state index in [9.17, 15) is 10.1 Å². The molecule has 0 aromatic heterocycles. The minimum absolute atomic E-state index is 0.0856. The molecule has 0 atom stereocenters. The summed E-state index contributed by atoms with van der Waals surface area (Å²) in [5, 5.41) is 18.4. The van der Waals surface area contributed by atoms with Crippen LogP contribution in [0.5, 0.6) is 0 Å². The van der Waals surface area contributed by atoms with Gasteiger partial charge in [0.05, 0.1) is 11.5 Å². The van der Waals surface area contributed by atoms with Gasteiger partial charge in [0.2, 0.25) is 0 Å². The van der Waals surface area contributed by atoms with Crippen LogP contribution in [-0.4, -0.2) is 23.2 Å². The van der Waals surface area contributed by atoms with E-state index in [4.69, 9.17) is 28.2 Å². The monoisotopic (exact) mass is 233 g/mol. The number of hydrogen-bond acceptors (Lipinski definition) is 5. The Morgan fingerprint density at radius 1 is 1.53 bits per heavy atom. The van der Waals surface area contributed by atoms with Crippen LogP contribution in [0.25, 0.3) is 0 Å². The van der Waals surface area contributed by atoms with Crippen LogP contribution in [-0.2, 0) is 0 Å². The smallest absolute Gasteiger partial charge is 0.292 e. The number of anilines is 1. The van der Waals surface area contributed by atoms with Gasteiger partial charge >= 0.3 is 0 Å². The normalized spacial score (nSPS) is 9.00. The van der Waals surface area contributed by atoms with Crippen LogP contribution in [0, 0.1) is 10.1 Å². The number of aliphatic hydroxyl groups is 1. The Kier molecular flexibility index (Phi) is 6.35. The number of nitrogens with zero attached hydrogens (tertiary/aromatic N) is 1. The van der Waals surface area contributed by atoms with Gasteiger partial charge in [0.15, 0.2) is 0 Å². The van der Waals surface area contributed by atoms with Crippen molar-refractivity contribution in [3.63, 3.8) is 0 Å². The van der Waals surface area contributed by atoms with Gasteiger partial charge in [0, 0.05) is 17.6 Å². The van der Waals surface area contributed by atoms with Crippen molar-refractivity contribution in [3.8, 4) is 0 Å². The molecule has 84 valence electrons. The molecule has 0 bridgehead atoms. The Morgan fingerprint density at radius 3 is 2.40 bits per heavy atom. The fourth-order valence-electron chi connectivity index (χ4n) is 0.692. The summed E-state index contributed by atoms with van der Waals surface area (Å²) < 4.78 is 0. The number of nitrogen functional groups attached to an aromatic ring is 1. The van der Waals surface area contributed by atoms with Crippen molar-refractivity contribution >= 4 is 23.0 Å². The Balaban J connectivity index is 0.000000423. The average molecular weight is 234 g/mol. The fraction of sp³-hybridized carbons (Fsp3) is 0.250. The van der Waals surface area contributed by atoms with Crippen molar-refractivity contribution in [2.75, 3.05) is 18.9 Å². The van der Waals surface area contributed by atoms with E-state index < -0.39 is 4.92 Å². The molecular formula is C8H12ClN3O3. The molecule has 5 N–H and O–H groups in total. The highest BCUT2D eigenvalue weighted by atomic mass is 35.5. The van der Waals surface area contributed by atoms with Gasteiger partial charge in [-0.1, -0.05) is 11.6 Å². The summed E-state index contributed by atoms with van der Waals surface area (Å²) in [5.41, 5.74) is 10.0. The molecule has 15 heavy (non-hydrogen) atoms. The first-order chi connectivity index (χ1) is 7.02. The summed E-state index contributed by atoms with van der Waals surface area (Å²) in [7, 11) is 0. The first kappa shape index (κ1) is 13.6. The summed E-state index contributed by atoms with van der Waals surface area (Å²) >= 11 is 5.52. The maximum absolute atomic E-state index is 10.2. The van der Waals surface area contributed by atoms with E-state index in [-0.39, 0.29) is 18.0 Å². The summed E-state index contributed by atoms with van der Waals surface area (Å²) in [6.45, 7) is 0.472. The van der Waals surface area contributed by atoms with E-state index in [2.05, 4.69) is 0 Å². The third-order valence-electron chi connectivity index (χ3n) is 1.32. The summed E-state index contributed by atoms with van der Waals surface area (Å²) in [6.07, 6.45) is 0. The van der Waals surface area contributed by atoms with Crippen LogP contribution in [0.15, 0.2) is 18.2 Å². The molecule has 0 saturated carbocycles. The van der Waals surface area contributed by atoms with E-state index in [1.165, 1.54) is 18.2 Å². The molecule has 1 aromatic rings. The van der Waals surface area contributed by atoms with Crippen molar-refractivity contribution in [2.45, 2.75) is 0 Å². The first-order valence-corrected chi connectivity index (χ1v) is 4.41. The molecule has 0 fully saturated rings. The van der Waals surface area contributed by atoms with Gasteiger partial charge in [-0.05, 0) is 12.1 Å². The Labute approximate surface area is 91.6 Å². The third-order valence-corrected chi connectivity index (χ3v) is 1.55. The number of benzene rings is 1. The standard InChI is InChI=1S/C6H5ClN2O2.C2H7NO/c7-4-1-2-6(9(10)11)5(8)3-4;3-1-2-4/h1-3H,8H2;4H,1-3H2. The molecule has 0 aliphatic rings. The number of nitrogens with two attached hydrogens (primary N) is 2. The van der Waals surface area contributed by atoms with E-state index in [0.717, 1.165) is 0 Å². The van der Waals surface area contributed by atoms with Crippen LogP contribution in [0.2, 0.25) is 5.02 Å². The largest absolute Gasteiger partial charge is 0.395 e. The van der Waals surface area contributed by atoms with E-state index in [0.29, 0.717) is 11.6 Å². The Bertz CT molecular complexity index is 331. The lowest BCUT2D eigenvalue weighted by atomic mass is 10.3. The van der Waals surface area contributed by atoms with Gasteiger partial charge in [-0.2, -0.15) is 0 Å². The van der Waals surface area contributed by atoms with Gasteiger partial charge in [-0.3, -0.25) is 10.1 Å². The minimum atomic E-state index is -0.550. The predicted octanol–water partition coefficient (Wildman–Crippen LogP) is 0.768. The fourth-order valence-corrected chi connectivity index (χ4v) is 0.872. The quantitative estimate of drug-likeness (QED) is 0.396. The van der Waals surface area contributed by atoms with Crippen molar-refractivity contribution in [1.29, 1.82) is 0 Å². The molecule has 0 spiro atoms. The maximum Gasteiger partial charge on any atom is 0.292 e. The second kappa shape index (κ2) is 6.99. The summed E-state index contributed by atoms with van der Waals surface area (Å²) in [6, 6.07) is 4.05. The topological polar surface area (TPSA) is 115 Å². The van der Waals surface area contributed by atoms with Crippen LogP contribution >= 0.6 is 11.6 Å². The van der Waals surface area contributed by atoms with Gasteiger partial charge in [0.25, 0.3) is 5.69 Å². The lowest BCUT2D eigenvalue weighted by Crippen LogP contribution is -2.02. The minimum Gasteiger partial charge on any atom is -0.395 e. The SMILES string of the molecule is NCCO.Nc1cc(Cl)ccc1[N+](=O)[O-]. The first-order valence-electron chi connectivity index (χ1n) is 4.03. The van der Waals surface area contributed by atoms with E-state index in [1.54, 1.807) is 0 Å². The molecule has 6 nitrogen and oxygen atoms in total. The molecule has 1 rings (SSSR count). The zero-order chi connectivity index (χ0) is 11.8. The van der Waals surface area contributed by atoms with Crippen molar-refractivity contribution in [3.05, 3.63) is 33.3 Å². The second-order valence-electron chi connectivity index (χ2n) is 2.47. The maximum atomic E-state index is 10.2. The summed E-state index contributed by atoms with van der Waals surface area (Å²) in [5.74, 6) is 0. The van der Waals surface area contributed by atoms with Crippen LogP contribution in [0.3, 0.4) is 0 Å². The third kappa shape index (κ3) is 5.16. The van der Waals surface area contributed by atoms with Gasteiger partial charge < -0.3 is 16.6 Å². The molecular weight excluding hydrogens is 222 g/mol. The van der Waals surface area contributed by atoms with E-state index >= 15 is 0 Å². The Hall–Kier alpha value is -1.37. The molecule has 7 heteroatoms. The van der Waals surface area contributed by atoms with Crippen molar-refractivity contribution < 1.29 is 10.0 Å². The molecule has 0 saturated heterocycles. The molecule has 0 aliphatic carbocycles. The van der Waals surface area contributed by atoms with Gasteiger partial charge in [-0.15, -0.1) is 0 Å². The van der Waals surface area contributed by atoms with E-state index in [1.807, 2.05) is 0 Å². The van der Waals surface area contributed by atoms with Crippen LogP contribution < -0.4 is 11.5 Å². The summed E-state index contributed by atoms with van der Waals surface area (Å²) in [4.78, 5) is 9.67. The molecule has 0 aliphatic heterocycles. The van der Waals surface area contributed by atoms with Crippen LogP contribution in [0.1, 0.15) is 0 Å². The lowest BCUT2D eigenvalue weighted by Gasteiger charge is -1.95. The number of rotatable bonds is 2. The average Bonchev–Trinajstić information content (AvgIpc) is 2.17. The van der Waals surface area contributed by atoms with Crippen molar-refractivity contribution in [2.24, 2.45) is 5.73 Å². The van der Waals surface area contributed by atoms with Crippen molar-refractivity contribution in [1.82, 2.24) is 0 Å². The lowest BCUT2D eigenvalue weighted by molar-refractivity contribution is -0.383. The van der Waals surface area contributed by atoms with Gasteiger partial charge in [-0.25, -0.2) is 0 Å². The molecule has 0 amide bonds. The number of halogens is 1. The van der Waals surface area contributed by atoms with Crippen LogP contribution in [0.4, 0.5) is 11.4 Å². The Morgan fingerprint density at radius 2 is 2.07 bits per heavy atom. The highest BCUT2D eigenvalue weighted by Crippen LogP contribution is 2.23. The number of nitro benzene ring substituents is 1.